The second-order valence-corrected chi connectivity index (χ2v) is 8.58. The molecule has 27 heavy (non-hydrogen) atoms. The van der Waals surface area contributed by atoms with Crippen LogP contribution < -0.4 is 19.9 Å². The smallest absolute Gasteiger partial charge is 0.256 e. The minimum atomic E-state index is -3.92. The van der Waals surface area contributed by atoms with E-state index in [4.69, 9.17) is 14.6 Å². The average molecular weight is 455 g/mol. The van der Waals surface area contributed by atoms with Crippen molar-refractivity contribution < 1.29 is 22.7 Å². The molecule has 0 saturated carbocycles. The summed E-state index contributed by atoms with van der Waals surface area (Å²) < 4.78 is 35.0. The summed E-state index contributed by atoms with van der Waals surface area (Å²) in [4.78, 5) is 12.6. The molecule has 0 radical (unpaired) electrons. The lowest BCUT2D eigenvalue weighted by atomic mass is 10.1. The third kappa shape index (κ3) is 4.26. The van der Waals surface area contributed by atoms with Crippen molar-refractivity contribution in [1.82, 2.24) is 0 Å². The van der Waals surface area contributed by atoms with E-state index in [1.165, 1.54) is 18.2 Å². The van der Waals surface area contributed by atoms with Crippen LogP contribution in [0.2, 0.25) is 0 Å². The topological polar surface area (TPSA) is 108 Å². The number of nitrogens with one attached hydrogen (secondary N) is 1. The summed E-state index contributed by atoms with van der Waals surface area (Å²) >= 11 is 3.27. The Morgan fingerprint density at radius 3 is 2.78 bits per heavy atom. The highest BCUT2D eigenvalue weighted by Gasteiger charge is 2.23. The molecule has 1 atom stereocenters. The number of amides is 1. The summed E-state index contributed by atoms with van der Waals surface area (Å²) in [6.45, 7) is 4.25. The third-order valence-electron chi connectivity index (χ3n) is 4.06. The first-order valence-electron chi connectivity index (χ1n) is 8.29. The van der Waals surface area contributed by atoms with Gasteiger partial charge in [-0.05, 0) is 54.0 Å². The van der Waals surface area contributed by atoms with Crippen LogP contribution >= 0.6 is 15.9 Å². The van der Waals surface area contributed by atoms with Gasteiger partial charge >= 0.3 is 0 Å². The number of anilines is 1. The van der Waals surface area contributed by atoms with Crippen molar-refractivity contribution in [3.05, 3.63) is 45.9 Å². The molecule has 144 valence electrons. The predicted octanol–water partition coefficient (Wildman–Crippen LogP) is 3.07. The van der Waals surface area contributed by atoms with Gasteiger partial charge in [-0.25, -0.2) is 13.6 Å². The standard InChI is InChI=1S/C18H19BrN2O5S/c1-3-25-17-7-11-6-10(2)26-16(11)9-15(17)21-18(22)13-8-12(27(20,23)24)4-5-14(13)19/h4-5,7-10H,3,6H2,1-2H3,(H,21,22)(H2,20,23,24)/t10-/m0/s1. The lowest BCUT2D eigenvalue weighted by molar-refractivity contribution is 0.102. The quantitative estimate of drug-likeness (QED) is 0.721. The summed E-state index contributed by atoms with van der Waals surface area (Å²) in [7, 11) is -3.92. The van der Waals surface area contributed by atoms with Crippen LogP contribution in [0.25, 0.3) is 0 Å². The lowest BCUT2D eigenvalue weighted by Gasteiger charge is -2.14. The van der Waals surface area contributed by atoms with Crippen molar-refractivity contribution in [3.63, 3.8) is 0 Å². The van der Waals surface area contributed by atoms with Gasteiger partial charge in [-0.1, -0.05) is 0 Å². The number of rotatable bonds is 5. The van der Waals surface area contributed by atoms with E-state index in [9.17, 15) is 13.2 Å². The van der Waals surface area contributed by atoms with Crippen molar-refractivity contribution in [2.45, 2.75) is 31.3 Å². The molecule has 0 bridgehead atoms. The highest BCUT2D eigenvalue weighted by atomic mass is 79.9. The number of halogens is 1. The zero-order valence-electron chi connectivity index (χ0n) is 14.8. The van der Waals surface area contributed by atoms with Crippen molar-refractivity contribution in [3.8, 4) is 11.5 Å². The Morgan fingerprint density at radius 1 is 1.37 bits per heavy atom. The molecule has 1 aliphatic heterocycles. The van der Waals surface area contributed by atoms with E-state index in [-0.39, 0.29) is 16.6 Å². The Labute approximate surface area is 166 Å². The van der Waals surface area contributed by atoms with E-state index < -0.39 is 15.9 Å². The Kier molecular flexibility index (Phi) is 5.45. The lowest BCUT2D eigenvalue weighted by Crippen LogP contribution is -2.17. The zero-order valence-corrected chi connectivity index (χ0v) is 17.2. The van der Waals surface area contributed by atoms with Gasteiger partial charge in [0, 0.05) is 22.5 Å². The highest BCUT2D eigenvalue weighted by molar-refractivity contribution is 9.10. The molecule has 3 N–H and O–H groups in total. The maximum atomic E-state index is 12.8. The van der Waals surface area contributed by atoms with Crippen LogP contribution in [0, 0.1) is 0 Å². The van der Waals surface area contributed by atoms with Gasteiger partial charge in [0.2, 0.25) is 10.0 Å². The van der Waals surface area contributed by atoms with Crippen LogP contribution in [-0.2, 0) is 16.4 Å². The number of primary sulfonamides is 1. The molecule has 0 aliphatic carbocycles. The molecule has 7 nitrogen and oxygen atoms in total. The van der Waals surface area contributed by atoms with Crippen LogP contribution in [0.15, 0.2) is 39.7 Å². The molecule has 2 aromatic rings. The number of ether oxygens (including phenoxy) is 2. The summed E-state index contributed by atoms with van der Waals surface area (Å²) in [5, 5.41) is 7.92. The molecule has 0 spiro atoms. The first kappa shape index (κ1) is 19.7. The molecule has 0 unspecified atom stereocenters. The van der Waals surface area contributed by atoms with Gasteiger partial charge in [-0.2, -0.15) is 0 Å². The molecule has 3 rings (SSSR count). The molecule has 0 saturated heterocycles. The fourth-order valence-electron chi connectivity index (χ4n) is 2.86. The molecule has 2 aromatic carbocycles. The second kappa shape index (κ2) is 7.49. The van der Waals surface area contributed by atoms with E-state index in [0.717, 1.165) is 12.0 Å². The van der Waals surface area contributed by atoms with Gasteiger partial charge in [-0.3, -0.25) is 4.79 Å². The molecule has 1 amide bonds. The molecule has 0 fully saturated rings. The van der Waals surface area contributed by atoms with Gasteiger partial charge in [-0.15, -0.1) is 0 Å². The molecule has 1 heterocycles. The number of nitrogens with two attached hydrogens (primary N) is 1. The largest absolute Gasteiger partial charge is 0.492 e. The van der Waals surface area contributed by atoms with Gasteiger partial charge < -0.3 is 14.8 Å². The fourth-order valence-corrected chi connectivity index (χ4v) is 3.82. The van der Waals surface area contributed by atoms with Gasteiger partial charge in [0.15, 0.2) is 0 Å². The summed E-state index contributed by atoms with van der Waals surface area (Å²) in [6.07, 6.45) is 0.826. The Bertz CT molecular complexity index is 1010. The number of benzene rings is 2. The fraction of sp³-hybridized carbons (Fsp3) is 0.278. The van der Waals surface area contributed by atoms with Crippen LogP contribution in [0.1, 0.15) is 29.8 Å². The summed E-state index contributed by atoms with van der Waals surface area (Å²) in [6, 6.07) is 7.59. The van der Waals surface area contributed by atoms with Crippen LogP contribution in [0.4, 0.5) is 5.69 Å². The van der Waals surface area contributed by atoms with Crippen LogP contribution in [0.5, 0.6) is 11.5 Å². The van der Waals surface area contributed by atoms with Crippen molar-refractivity contribution in [2.24, 2.45) is 5.14 Å². The van der Waals surface area contributed by atoms with E-state index in [1.54, 1.807) is 6.07 Å². The summed E-state index contributed by atoms with van der Waals surface area (Å²) in [5.41, 5.74) is 1.60. The van der Waals surface area contributed by atoms with Gasteiger partial charge in [0.05, 0.1) is 22.8 Å². The monoisotopic (exact) mass is 454 g/mol. The number of sulfonamides is 1. The second-order valence-electron chi connectivity index (χ2n) is 6.16. The number of hydrogen-bond donors (Lipinski definition) is 2. The van der Waals surface area contributed by atoms with E-state index >= 15 is 0 Å². The first-order chi connectivity index (χ1) is 12.7. The van der Waals surface area contributed by atoms with Gasteiger partial charge in [0.25, 0.3) is 5.91 Å². The molecule has 1 aliphatic rings. The minimum absolute atomic E-state index is 0.0565. The number of fused-ring (bicyclic) bond motifs is 1. The normalized spacial score (nSPS) is 15.8. The van der Waals surface area contributed by atoms with E-state index in [1.807, 2.05) is 19.9 Å². The van der Waals surface area contributed by atoms with Crippen molar-refractivity contribution >= 4 is 37.5 Å². The maximum Gasteiger partial charge on any atom is 0.256 e. The van der Waals surface area contributed by atoms with Crippen LogP contribution in [-0.4, -0.2) is 27.0 Å². The number of carbonyl (C=O) groups excluding carboxylic acids is 1. The van der Waals surface area contributed by atoms with E-state index in [0.29, 0.717) is 28.3 Å². The molecular weight excluding hydrogens is 436 g/mol. The number of hydrogen-bond acceptors (Lipinski definition) is 5. The SMILES string of the molecule is CCOc1cc2c(cc1NC(=O)c1cc(S(N)(=O)=O)ccc1Br)O[C@@H](C)C2. The van der Waals surface area contributed by atoms with Crippen LogP contribution in [0.3, 0.4) is 0 Å². The minimum Gasteiger partial charge on any atom is -0.492 e. The molecular formula is C18H19BrN2O5S. The van der Waals surface area contributed by atoms with E-state index in [2.05, 4.69) is 21.2 Å². The average Bonchev–Trinajstić information content (AvgIpc) is 2.93. The van der Waals surface area contributed by atoms with Crippen molar-refractivity contribution in [1.29, 1.82) is 0 Å². The Morgan fingerprint density at radius 2 is 2.11 bits per heavy atom. The Balaban J connectivity index is 1.96. The molecule has 9 heteroatoms. The van der Waals surface area contributed by atoms with Gasteiger partial charge in [0.1, 0.15) is 17.6 Å². The Hall–Kier alpha value is -2.10. The summed E-state index contributed by atoms with van der Waals surface area (Å²) in [5.74, 6) is 0.721. The highest BCUT2D eigenvalue weighted by Crippen LogP contribution is 2.38. The predicted molar refractivity (Wildman–Crippen MR) is 105 cm³/mol. The zero-order chi connectivity index (χ0) is 19.8. The number of carbonyl (C=O) groups is 1. The maximum absolute atomic E-state index is 12.8. The molecule has 0 aromatic heterocycles. The third-order valence-corrected chi connectivity index (χ3v) is 5.66. The first-order valence-corrected chi connectivity index (χ1v) is 10.6. The van der Waals surface area contributed by atoms with Crippen molar-refractivity contribution in [2.75, 3.05) is 11.9 Å².